The summed E-state index contributed by atoms with van der Waals surface area (Å²) in [5, 5.41) is 0. The van der Waals surface area contributed by atoms with Crippen LogP contribution in [0.25, 0.3) is 0 Å². The standard InChI is InChI=1S/2C7H15O.2C7H15.O.Ti/c2*1-2-3-4-5-6-7-8;2*1-3-5-7-6-4-2;;/h2*2-7H2,1H3;2*1,3-7H2,2H3;;/q2*-1;;;;+2. The number of unbranched alkanes of at least 4 members (excludes halogenated alkanes) is 16. The van der Waals surface area contributed by atoms with Crippen LogP contribution in [0.4, 0.5) is 0 Å². The first-order chi connectivity index (χ1) is 15.5. The zero-order valence-corrected chi connectivity index (χ0v) is 24.3. The van der Waals surface area contributed by atoms with Crippen LogP contribution in [0.15, 0.2) is 0 Å². The molecule has 0 aromatic rings. The average molecular weight is 493 g/mol. The molecule has 0 atom stereocenters. The summed E-state index contributed by atoms with van der Waals surface area (Å²) in [6.45, 7) is 10.2. The first-order valence-corrected chi connectivity index (χ1v) is 18.8. The van der Waals surface area contributed by atoms with Gasteiger partial charge in [0.2, 0.25) is 0 Å². The second kappa shape index (κ2) is 21.9. The van der Waals surface area contributed by atoms with E-state index >= 15 is 0 Å². The molecule has 0 aromatic carbocycles. The van der Waals surface area contributed by atoms with Crippen LogP contribution in [0.2, 0.25) is 9.45 Å². The fourth-order valence-corrected chi connectivity index (χ4v) is 10.8. The summed E-state index contributed by atoms with van der Waals surface area (Å²) in [7, 11) is 0. The number of hydrogen-bond donors (Lipinski definition) is 0. The molecule has 0 bridgehead atoms. The van der Waals surface area contributed by atoms with E-state index in [9.17, 15) is 3.32 Å². The van der Waals surface area contributed by atoms with Crippen molar-refractivity contribution >= 4 is 0 Å². The summed E-state index contributed by atoms with van der Waals surface area (Å²) in [4.78, 5) is 0. The Labute approximate surface area is 204 Å². The molecular weight excluding hydrogens is 432 g/mol. The third-order valence-corrected chi connectivity index (χ3v) is 13.6. The van der Waals surface area contributed by atoms with Crippen molar-refractivity contribution in [1.29, 1.82) is 0 Å². The van der Waals surface area contributed by atoms with Gasteiger partial charge in [-0.2, -0.15) is 0 Å². The van der Waals surface area contributed by atoms with Crippen LogP contribution in [-0.4, -0.2) is 13.2 Å². The second-order valence-corrected chi connectivity index (χ2v) is 16.9. The predicted octanol–water partition coefficient (Wildman–Crippen LogP) is 10.6. The Hall–Kier alpha value is 0.434. The van der Waals surface area contributed by atoms with Gasteiger partial charge in [0.1, 0.15) is 0 Å². The van der Waals surface area contributed by atoms with Gasteiger partial charge in [-0.1, -0.05) is 0 Å². The molecule has 0 unspecified atom stereocenters. The molecule has 4 heteroatoms. The topological polar surface area (TPSA) is 35.5 Å². The third kappa shape index (κ3) is 17.8. The maximum absolute atomic E-state index is 14.7. The van der Waals surface area contributed by atoms with Crippen molar-refractivity contribution in [2.24, 2.45) is 0 Å². The first-order valence-electron chi connectivity index (χ1n) is 14.7. The molecular formula is C28H60O3Ti. The van der Waals surface area contributed by atoms with E-state index in [1.165, 1.54) is 89.9 Å². The SMILES string of the molecule is CCCCCCC[O][Ti](=[O])([CH2]CCCCCC)([CH2]CCCCCC)[O]CCCCCCC. The molecule has 0 amide bonds. The molecule has 194 valence electrons. The van der Waals surface area contributed by atoms with Crippen LogP contribution in [0, 0.1) is 0 Å². The summed E-state index contributed by atoms with van der Waals surface area (Å²) in [5.74, 6) is 0. The van der Waals surface area contributed by atoms with Crippen molar-refractivity contribution in [3.63, 3.8) is 0 Å². The predicted molar refractivity (Wildman–Crippen MR) is 137 cm³/mol. The Morgan fingerprint density at radius 2 is 0.688 bits per heavy atom. The van der Waals surface area contributed by atoms with Gasteiger partial charge in [-0.05, 0) is 0 Å². The third-order valence-electron chi connectivity index (χ3n) is 6.87. The van der Waals surface area contributed by atoms with E-state index in [4.69, 9.17) is 6.64 Å². The zero-order valence-electron chi connectivity index (χ0n) is 22.7. The molecule has 0 fully saturated rings. The van der Waals surface area contributed by atoms with E-state index in [-0.39, 0.29) is 0 Å². The van der Waals surface area contributed by atoms with E-state index < -0.39 is 16.1 Å². The normalized spacial score (nSPS) is 12.5. The zero-order chi connectivity index (χ0) is 23.8. The van der Waals surface area contributed by atoms with Gasteiger partial charge in [-0.15, -0.1) is 0 Å². The Kier molecular flexibility index (Phi) is 22.2. The minimum atomic E-state index is -4.63. The van der Waals surface area contributed by atoms with Crippen molar-refractivity contribution in [3.8, 4) is 0 Å². The summed E-state index contributed by atoms with van der Waals surface area (Å²) in [5.41, 5.74) is 0. The monoisotopic (exact) mass is 492 g/mol. The minimum absolute atomic E-state index is 0.629. The van der Waals surface area contributed by atoms with Crippen molar-refractivity contribution in [2.45, 2.75) is 166 Å². The molecule has 0 spiro atoms. The van der Waals surface area contributed by atoms with Crippen LogP contribution < -0.4 is 0 Å². The van der Waals surface area contributed by atoms with Crippen molar-refractivity contribution in [3.05, 3.63) is 0 Å². The summed E-state index contributed by atoms with van der Waals surface area (Å²) < 4.78 is 29.0. The summed E-state index contributed by atoms with van der Waals surface area (Å²) >= 11 is -4.63. The van der Waals surface area contributed by atoms with Gasteiger partial charge in [0, 0.05) is 0 Å². The Morgan fingerprint density at radius 1 is 0.406 bits per heavy atom. The molecule has 32 heavy (non-hydrogen) atoms. The maximum atomic E-state index is 14.7. The molecule has 0 aliphatic carbocycles. The molecule has 0 aliphatic heterocycles. The summed E-state index contributed by atoms with van der Waals surface area (Å²) in [6, 6.07) is 0. The fraction of sp³-hybridized carbons (Fsp3) is 1.00. The Bertz CT molecular complexity index is 410. The van der Waals surface area contributed by atoms with Crippen LogP contribution in [0.1, 0.15) is 156 Å². The van der Waals surface area contributed by atoms with Crippen molar-refractivity contribution < 1.29 is 26.0 Å². The van der Waals surface area contributed by atoms with Gasteiger partial charge in [0.15, 0.2) is 0 Å². The van der Waals surface area contributed by atoms with Crippen LogP contribution in [-0.2, 0) is 26.0 Å². The summed E-state index contributed by atoms with van der Waals surface area (Å²) in [6.07, 6.45) is 23.8. The molecule has 0 radical (unpaired) electrons. The van der Waals surface area contributed by atoms with Gasteiger partial charge in [-0.3, -0.25) is 0 Å². The number of rotatable bonds is 26. The Morgan fingerprint density at radius 3 is 1.00 bits per heavy atom. The molecule has 3 nitrogen and oxygen atoms in total. The fourth-order valence-electron chi connectivity index (χ4n) is 4.61. The number of hydrogen-bond acceptors (Lipinski definition) is 3. The van der Waals surface area contributed by atoms with E-state index in [1.807, 2.05) is 0 Å². The van der Waals surface area contributed by atoms with Crippen LogP contribution in [0.3, 0.4) is 0 Å². The van der Waals surface area contributed by atoms with Gasteiger partial charge in [0.05, 0.1) is 0 Å². The van der Waals surface area contributed by atoms with E-state index in [0.717, 1.165) is 38.5 Å². The van der Waals surface area contributed by atoms with Gasteiger partial charge < -0.3 is 0 Å². The quantitative estimate of drug-likeness (QED) is 0.0889. The van der Waals surface area contributed by atoms with Gasteiger partial charge >= 0.3 is 205 Å². The molecule has 0 N–H and O–H groups in total. The van der Waals surface area contributed by atoms with Crippen LogP contribution >= 0.6 is 0 Å². The Balaban J connectivity index is 5.00. The van der Waals surface area contributed by atoms with Crippen molar-refractivity contribution in [2.75, 3.05) is 13.2 Å². The van der Waals surface area contributed by atoms with Crippen molar-refractivity contribution in [1.82, 2.24) is 0 Å². The molecule has 0 saturated carbocycles. The van der Waals surface area contributed by atoms with E-state index in [0.29, 0.717) is 22.7 Å². The second-order valence-electron chi connectivity index (χ2n) is 10.2. The first kappa shape index (κ1) is 32.4. The molecule has 0 aromatic heterocycles. The van der Waals surface area contributed by atoms with E-state index in [2.05, 4.69) is 27.7 Å². The average Bonchev–Trinajstić information content (AvgIpc) is 2.79. The molecule has 0 saturated heterocycles. The molecule has 0 rings (SSSR count). The van der Waals surface area contributed by atoms with E-state index in [1.54, 1.807) is 0 Å². The van der Waals surface area contributed by atoms with Crippen LogP contribution in [0.5, 0.6) is 0 Å². The molecule has 0 heterocycles. The van der Waals surface area contributed by atoms with Gasteiger partial charge in [0.25, 0.3) is 0 Å². The van der Waals surface area contributed by atoms with Gasteiger partial charge in [-0.25, -0.2) is 0 Å². The molecule has 0 aliphatic rings.